The number of nitrogens with one attached hydrogen (secondary N) is 1. The summed E-state index contributed by atoms with van der Waals surface area (Å²) in [5, 5.41) is 3.84. The minimum atomic E-state index is 0.315. The van der Waals surface area contributed by atoms with Gasteiger partial charge in [0, 0.05) is 23.7 Å². The van der Waals surface area contributed by atoms with Crippen molar-refractivity contribution in [2.45, 2.75) is 102 Å². The fourth-order valence-electron chi connectivity index (χ4n) is 4.83. The summed E-state index contributed by atoms with van der Waals surface area (Å²) in [7, 11) is 0. The van der Waals surface area contributed by atoms with Crippen LogP contribution in [0.25, 0.3) is 0 Å². The van der Waals surface area contributed by atoms with Gasteiger partial charge in [-0.3, -0.25) is 4.79 Å². The summed E-state index contributed by atoms with van der Waals surface area (Å²) in [6.45, 7) is 0. The maximum absolute atomic E-state index is 12.8. The van der Waals surface area contributed by atoms with Gasteiger partial charge in [-0.1, -0.05) is 57.8 Å². The van der Waals surface area contributed by atoms with Crippen molar-refractivity contribution < 1.29 is 4.79 Å². The summed E-state index contributed by atoms with van der Waals surface area (Å²) in [6, 6.07) is 0.621. The first-order valence-corrected chi connectivity index (χ1v) is 10.3. The molecule has 0 aromatic heterocycles. The summed E-state index contributed by atoms with van der Waals surface area (Å²) >= 11 is 0. The monoisotopic (exact) mass is 317 g/mol. The zero-order valence-corrected chi connectivity index (χ0v) is 14.8. The van der Waals surface area contributed by atoms with E-state index in [2.05, 4.69) is 11.4 Å². The molecule has 3 aliphatic carbocycles. The zero-order valence-electron chi connectivity index (χ0n) is 14.8. The van der Waals surface area contributed by atoms with E-state index in [1.54, 1.807) is 0 Å². The lowest BCUT2D eigenvalue weighted by atomic mass is 9.82. The van der Waals surface area contributed by atoms with Crippen LogP contribution >= 0.6 is 0 Å². The van der Waals surface area contributed by atoms with Crippen molar-refractivity contribution in [3.05, 3.63) is 11.8 Å². The van der Waals surface area contributed by atoms with Crippen molar-refractivity contribution in [3.63, 3.8) is 0 Å². The predicted molar refractivity (Wildman–Crippen MR) is 96.2 cm³/mol. The van der Waals surface area contributed by atoms with Crippen molar-refractivity contribution in [1.29, 1.82) is 0 Å². The van der Waals surface area contributed by atoms with Gasteiger partial charge in [-0.2, -0.15) is 0 Å². The normalized spacial score (nSPS) is 26.2. The number of ketones is 1. The minimum absolute atomic E-state index is 0.315. The average molecular weight is 318 g/mol. The maximum Gasteiger partial charge on any atom is 0.160 e. The summed E-state index contributed by atoms with van der Waals surface area (Å²) in [6.07, 6.45) is 21.4. The topological polar surface area (TPSA) is 29.1 Å². The Hall–Kier alpha value is -0.790. The third-order valence-electron chi connectivity index (χ3n) is 6.33. The highest BCUT2D eigenvalue weighted by Crippen LogP contribution is 2.31. The lowest BCUT2D eigenvalue weighted by Crippen LogP contribution is -2.34. The molecule has 2 nitrogen and oxygen atoms in total. The molecule has 0 saturated heterocycles. The second kappa shape index (κ2) is 8.89. The van der Waals surface area contributed by atoms with Crippen molar-refractivity contribution in [2.24, 2.45) is 11.8 Å². The van der Waals surface area contributed by atoms with E-state index in [0.717, 1.165) is 12.8 Å². The van der Waals surface area contributed by atoms with Crippen LogP contribution in [-0.4, -0.2) is 11.8 Å². The van der Waals surface area contributed by atoms with E-state index in [9.17, 15) is 4.79 Å². The largest absolute Gasteiger partial charge is 0.385 e. The van der Waals surface area contributed by atoms with Crippen molar-refractivity contribution in [3.8, 4) is 0 Å². The summed E-state index contributed by atoms with van der Waals surface area (Å²) < 4.78 is 0. The highest BCUT2D eigenvalue weighted by atomic mass is 16.1. The molecule has 0 amide bonds. The second-order valence-corrected chi connectivity index (χ2v) is 8.15. The molecule has 2 heteroatoms. The van der Waals surface area contributed by atoms with Gasteiger partial charge in [0.15, 0.2) is 5.78 Å². The first-order chi connectivity index (χ1) is 11.3. The molecular weight excluding hydrogens is 282 g/mol. The molecule has 23 heavy (non-hydrogen) atoms. The maximum atomic E-state index is 12.8. The van der Waals surface area contributed by atoms with Gasteiger partial charge in [0.05, 0.1) is 0 Å². The Labute approximate surface area is 142 Å². The van der Waals surface area contributed by atoms with E-state index < -0.39 is 0 Å². The molecule has 3 saturated carbocycles. The van der Waals surface area contributed by atoms with Gasteiger partial charge < -0.3 is 5.32 Å². The van der Waals surface area contributed by atoms with E-state index in [1.165, 1.54) is 89.2 Å². The van der Waals surface area contributed by atoms with Crippen molar-refractivity contribution in [1.82, 2.24) is 5.32 Å². The van der Waals surface area contributed by atoms with Gasteiger partial charge in [0.25, 0.3) is 0 Å². The smallest absolute Gasteiger partial charge is 0.160 e. The van der Waals surface area contributed by atoms with Gasteiger partial charge in [0.1, 0.15) is 0 Å². The summed E-state index contributed by atoms with van der Waals surface area (Å²) in [5.74, 6) is 1.36. The van der Waals surface area contributed by atoms with Gasteiger partial charge in [-0.05, 0) is 44.4 Å². The zero-order chi connectivity index (χ0) is 15.9. The fraction of sp³-hybridized carbons (Fsp3) is 0.857. The molecule has 0 aromatic rings. The van der Waals surface area contributed by atoms with Crippen LogP contribution in [0.3, 0.4) is 0 Å². The van der Waals surface area contributed by atoms with Gasteiger partial charge in [0.2, 0.25) is 0 Å². The van der Waals surface area contributed by atoms with Crippen molar-refractivity contribution >= 4 is 5.78 Å². The first-order valence-electron chi connectivity index (χ1n) is 10.3. The van der Waals surface area contributed by atoms with Crippen LogP contribution < -0.4 is 5.32 Å². The summed E-state index contributed by atoms with van der Waals surface area (Å²) in [4.78, 5) is 12.8. The van der Waals surface area contributed by atoms with Crippen LogP contribution in [0.1, 0.15) is 96.3 Å². The van der Waals surface area contributed by atoms with Crippen LogP contribution in [0.2, 0.25) is 0 Å². The van der Waals surface area contributed by atoms with Crippen LogP contribution in [0.5, 0.6) is 0 Å². The number of rotatable bonds is 5. The Bertz CT molecular complexity index is 396. The highest BCUT2D eigenvalue weighted by molar-refractivity contribution is 5.92. The number of carbonyl (C=O) groups excluding carboxylic acids is 1. The molecular formula is C21H35NO. The second-order valence-electron chi connectivity index (χ2n) is 8.15. The minimum Gasteiger partial charge on any atom is -0.385 e. The Morgan fingerprint density at radius 3 is 1.70 bits per heavy atom. The molecule has 3 aliphatic rings. The molecule has 0 aliphatic heterocycles. The molecule has 3 fully saturated rings. The molecule has 0 spiro atoms. The first kappa shape index (κ1) is 17.0. The molecule has 1 N–H and O–H groups in total. The summed E-state index contributed by atoms with van der Waals surface area (Å²) in [5.41, 5.74) is 1.31. The Morgan fingerprint density at radius 2 is 1.13 bits per heavy atom. The number of hydrogen-bond acceptors (Lipinski definition) is 2. The molecule has 0 heterocycles. The predicted octanol–water partition coefficient (Wildman–Crippen LogP) is 5.52. The van der Waals surface area contributed by atoms with Crippen LogP contribution in [0.4, 0.5) is 0 Å². The highest BCUT2D eigenvalue weighted by Gasteiger charge is 2.25. The molecule has 0 atom stereocenters. The Morgan fingerprint density at radius 1 is 0.652 bits per heavy atom. The van der Waals surface area contributed by atoms with Gasteiger partial charge >= 0.3 is 0 Å². The van der Waals surface area contributed by atoms with Crippen molar-refractivity contribution in [2.75, 3.05) is 0 Å². The third-order valence-corrected chi connectivity index (χ3v) is 6.33. The number of allylic oxidation sites excluding steroid dienone is 2. The molecule has 0 bridgehead atoms. The molecule has 0 radical (unpaired) electrons. The van der Waals surface area contributed by atoms with E-state index >= 15 is 0 Å². The van der Waals surface area contributed by atoms with E-state index in [4.69, 9.17) is 0 Å². The average Bonchev–Trinajstić information content (AvgIpc) is 2.63. The van der Waals surface area contributed by atoms with Gasteiger partial charge in [-0.25, -0.2) is 0 Å². The Kier molecular flexibility index (Phi) is 6.59. The van der Waals surface area contributed by atoms with E-state index in [0.29, 0.717) is 23.7 Å². The van der Waals surface area contributed by atoms with Crippen LogP contribution in [-0.2, 0) is 4.79 Å². The van der Waals surface area contributed by atoms with Crippen LogP contribution in [0.15, 0.2) is 11.8 Å². The third kappa shape index (κ3) is 5.09. The fourth-order valence-corrected chi connectivity index (χ4v) is 4.83. The SMILES string of the molecule is O=C(C=C(NC1CCCCC1)C1CCCCC1)C1CCCCC1. The van der Waals surface area contributed by atoms with E-state index in [-0.39, 0.29) is 0 Å². The molecule has 3 rings (SSSR count). The number of carbonyl (C=O) groups is 1. The molecule has 0 aromatic carbocycles. The van der Waals surface area contributed by atoms with Gasteiger partial charge in [-0.15, -0.1) is 0 Å². The Balaban J connectivity index is 1.67. The molecule has 0 unspecified atom stereocenters. The lowest BCUT2D eigenvalue weighted by Gasteiger charge is -2.31. The van der Waals surface area contributed by atoms with E-state index in [1.807, 2.05) is 0 Å². The van der Waals surface area contributed by atoms with Crippen LogP contribution in [0, 0.1) is 11.8 Å². The lowest BCUT2D eigenvalue weighted by molar-refractivity contribution is -0.119. The quantitative estimate of drug-likeness (QED) is 0.676. The standard InChI is InChI=1S/C21H35NO/c23-21(18-12-6-2-7-13-18)16-20(17-10-4-1-5-11-17)22-19-14-8-3-9-15-19/h16-19,22H,1-15H2. The molecule has 130 valence electrons. The number of hydrogen-bond donors (Lipinski definition) is 1.